The van der Waals surface area contributed by atoms with Gasteiger partial charge in [0.25, 0.3) is 0 Å². The van der Waals surface area contributed by atoms with Crippen molar-refractivity contribution in [1.29, 1.82) is 0 Å². The maximum absolute atomic E-state index is 14.3. The van der Waals surface area contributed by atoms with Crippen LogP contribution in [0.4, 0.5) is 4.39 Å². The fourth-order valence-corrected chi connectivity index (χ4v) is 3.30. The fraction of sp³-hybridized carbons (Fsp3) is 0.118. The number of phenols is 1. The van der Waals surface area contributed by atoms with Crippen molar-refractivity contribution in [2.75, 3.05) is 0 Å². The van der Waals surface area contributed by atoms with Gasteiger partial charge in [-0.2, -0.15) is 0 Å². The number of carbonyl (C=O) groups is 1. The molecule has 3 rings (SSSR count). The van der Waals surface area contributed by atoms with Crippen LogP contribution in [0.25, 0.3) is 21.8 Å². The lowest BCUT2D eigenvalue weighted by Gasteiger charge is -2.08. The van der Waals surface area contributed by atoms with Gasteiger partial charge in [0.15, 0.2) is 0 Å². The number of aromatic carboxylic acids is 1. The molecular formula is C17H13FN2O3S. The summed E-state index contributed by atoms with van der Waals surface area (Å²) in [6.07, 6.45) is 0. The number of benzene rings is 1. The van der Waals surface area contributed by atoms with Crippen molar-refractivity contribution in [2.24, 2.45) is 0 Å². The Morgan fingerprint density at radius 1 is 1.17 bits per heavy atom. The molecular weight excluding hydrogens is 331 g/mol. The van der Waals surface area contributed by atoms with Crippen LogP contribution in [0.3, 0.4) is 0 Å². The van der Waals surface area contributed by atoms with Crippen molar-refractivity contribution in [1.82, 2.24) is 9.97 Å². The Morgan fingerprint density at radius 2 is 1.88 bits per heavy atom. The van der Waals surface area contributed by atoms with E-state index >= 15 is 0 Å². The molecule has 0 bridgehead atoms. The minimum atomic E-state index is -1.39. The molecule has 0 saturated heterocycles. The van der Waals surface area contributed by atoms with Crippen LogP contribution in [-0.4, -0.2) is 26.2 Å². The number of carboxylic acid groups (broad SMARTS) is 1. The Labute approximate surface area is 141 Å². The number of aromatic hydroxyl groups is 1. The van der Waals surface area contributed by atoms with Gasteiger partial charge in [-0.25, -0.2) is 19.2 Å². The van der Waals surface area contributed by atoms with Crippen molar-refractivity contribution < 1.29 is 19.4 Å². The summed E-state index contributed by atoms with van der Waals surface area (Å²) in [5, 5.41) is 19.6. The number of carboxylic acids is 1. The Bertz CT molecular complexity index is 953. The number of pyridine rings is 1. The summed E-state index contributed by atoms with van der Waals surface area (Å²) in [5.74, 6) is -2.65. The zero-order chi connectivity index (χ0) is 17.4. The molecule has 0 amide bonds. The quantitative estimate of drug-likeness (QED) is 0.749. The van der Waals surface area contributed by atoms with Crippen LogP contribution in [-0.2, 0) is 0 Å². The number of aryl methyl sites for hydroxylation is 2. The molecule has 0 saturated carbocycles. The van der Waals surface area contributed by atoms with Gasteiger partial charge in [-0.05, 0) is 38.1 Å². The van der Waals surface area contributed by atoms with E-state index in [-0.39, 0.29) is 5.56 Å². The summed E-state index contributed by atoms with van der Waals surface area (Å²) < 4.78 is 14.3. The summed E-state index contributed by atoms with van der Waals surface area (Å²) in [6, 6.07) is 7.00. The molecule has 0 aliphatic rings. The van der Waals surface area contributed by atoms with Gasteiger partial charge >= 0.3 is 5.97 Å². The van der Waals surface area contributed by atoms with E-state index in [1.165, 1.54) is 11.3 Å². The number of aromatic nitrogens is 2. The van der Waals surface area contributed by atoms with E-state index in [1.54, 1.807) is 18.2 Å². The molecule has 0 spiro atoms. The Balaban J connectivity index is 2.11. The van der Waals surface area contributed by atoms with E-state index in [9.17, 15) is 14.3 Å². The molecule has 0 aliphatic heterocycles. The third-order valence-electron chi connectivity index (χ3n) is 3.48. The van der Waals surface area contributed by atoms with E-state index in [0.29, 0.717) is 11.4 Å². The predicted molar refractivity (Wildman–Crippen MR) is 88.8 cm³/mol. The van der Waals surface area contributed by atoms with Crippen molar-refractivity contribution in [3.63, 3.8) is 0 Å². The number of rotatable bonds is 3. The normalized spacial score (nSPS) is 10.8. The average molecular weight is 344 g/mol. The second-order valence-corrected chi connectivity index (χ2v) is 6.41. The largest absolute Gasteiger partial charge is 0.507 e. The molecule has 1 aromatic carbocycles. The summed E-state index contributed by atoms with van der Waals surface area (Å²) in [6.45, 7) is 3.77. The molecule has 7 heteroatoms. The maximum Gasteiger partial charge on any atom is 0.339 e. The molecule has 122 valence electrons. The van der Waals surface area contributed by atoms with Crippen LogP contribution >= 0.6 is 11.3 Å². The van der Waals surface area contributed by atoms with Gasteiger partial charge in [0.05, 0.1) is 27.0 Å². The molecule has 3 aromatic rings. The molecule has 5 nitrogen and oxygen atoms in total. The first-order valence-electron chi connectivity index (χ1n) is 7.04. The van der Waals surface area contributed by atoms with Crippen LogP contribution in [0, 0.1) is 19.7 Å². The molecule has 0 fully saturated rings. The highest BCUT2D eigenvalue weighted by Gasteiger charge is 2.17. The zero-order valence-corrected chi connectivity index (χ0v) is 13.7. The van der Waals surface area contributed by atoms with Gasteiger partial charge in [-0.3, -0.25) is 0 Å². The smallest absolute Gasteiger partial charge is 0.339 e. The van der Waals surface area contributed by atoms with Gasteiger partial charge in [-0.1, -0.05) is 6.07 Å². The van der Waals surface area contributed by atoms with Crippen molar-refractivity contribution in [2.45, 2.75) is 13.8 Å². The van der Waals surface area contributed by atoms with E-state index in [0.717, 1.165) is 27.7 Å². The van der Waals surface area contributed by atoms with Gasteiger partial charge in [0, 0.05) is 5.56 Å². The van der Waals surface area contributed by atoms with Crippen LogP contribution in [0.2, 0.25) is 0 Å². The van der Waals surface area contributed by atoms with Crippen LogP contribution in [0.5, 0.6) is 5.75 Å². The lowest BCUT2D eigenvalue weighted by molar-refractivity contribution is 0.0693. The second-order valence-electron chi connectivity index (χ2n) is 5.21. The molecule has 2 heterocycles. The summed E-state index contributed by atoms with van der Waals surface area (Å²) in [5.41, 5.74) is 1.35. The molecule has 2 aromatic heterocycles. The topological polar surface area (TPSA) is 83.3 Å². The second kappa shape index (κ2) is 6.01. The lowest BCUT2D eigenvalue weighted by atomic mass is 10.1. The highest BCUT2D eigenvalue weighted by Crippen LogP contribution is 2.32. The van der Waals surface area contributed by atoms with Crippen LogP contribution < -0.4 is 0 Å². The Morgan fingerprint density at radius 3 is 2.50 bits per heavy atom. The standard InChI is InChI=1S/C17H13FN2O3S/c1-8-16(24-9(2)19-8)14-5-3-4-13(20-14)10-7-15(21)11(17(22)23)6-12(10)18/h3-7,21H,1-2H3,(H,22,23). The van der Waals surface area contributed by atoms with Crippen molar-refractivity contribution in [3.05, 3.63) is 52.4 Å². The van der Waals surface area contributed by atoms with Gasteiger partial charge < -0.3 is 10.2 Å². The average Bonchev–Trinajstić information content (AvgIpc) is 2.87. The number of nitrogens with zero attached hydrogens (tertiary/aromatic N) is 2. The molecule has 24 heavy (non-hydrogen) atoms. The number of halogens is 1. The SMILES string of the molecule is Cc1nc(C)c(-c2cccc(-c3cc(O)c(C(=O)O)cc3F)n2)s1. The third kappa shape index (κ3) is 2.85. The predicted octanol–water partition coefficient (Wildman–Crippen LogP) is 4.03. The third-order valence-corrected chi connectivity index (χ3v) is 4.57. The minimum Gasteiger partial charge on any atom is -0.507 e. The van der Waals surface area contributed by atoms with Crippen LogP contribution in [0.15, 0.2) is 30.3 Å². The Kier molecular flexibility index (Phi) is 4.02. The summed E-state index contributed by atoms with van der Waals surface area (Å²) >= 11 is 1.49. The van der Waals surface area contributed by atoms with Crippen molar-refractivity contribution in [3.8, 4) is 27.6 Å². The maximum atomic E-state index is 14.3. The molecule has 0 aliphatic carbocycles. The van der Waals surface area contributed by atoms with E-state index < -0.39 is 23.1 Å². The molecule has 2 N–H and O–H groups in total. The Hall–Kier alpha value is -2.80. The van der Waals surface area contributed by atoms with Crippen molar-refractivity contribution >= 4 is 17.3 Å². The van der Waals surface area contributed by atoms with E-state index in [2.05, 4.69) is 9.97 Å². The molecule has 0 atom stereocenters. The molecule has 0 unspecified atom stereocenters. The number of hydrogen-bond acceptors (Lipinski definition) is 5. The first kappa shape index (κ1) is 16.1. The number of thiazole rings is 1. The van der Waals surface area contributed by atoms with Gasteiger partial charge in [-0.15, -0.1) is 11.3 Å². The number of hydrogen-bond donors (Lipinski definition) is 2. The van der Waals surface area contributed by atoms with Gasteiger partial charge in [0.1, 0.15) is 17.1 Å². The van der Waals surface area contributed by atoms with Gasteiger partial charge in [0.2, 0.25) is 0 Å². The monoisotopic (exact) mass is 344 g/mol. The first-order valence-corrected chi connectivity index (χ1v) is 7.86. The lowest BCUT2D eigenvalue weighted by Crippen LogP contribution is -1.99. The zero-order valence-electron chi connectivity index (χ0n) is 12.9. The summed E-state index contributed by atoms with van der Waals surface area (Å²) in [7, 11) is 0. The highest BCUT2D eigenvalue weighted by atomic mass is 32.1. The minimum absolute atomic E-state index is 0.0400. The molecule has 0 radical (unpaired) electrons. The first-order chi connectivity index (χ1) is 11.4. The fourth-order valence-electron chi connectivity index (χ4n) is 2.41. The van der Waals surface area contributed by atoms with E-state index in [1.807, 2.05) is 13.8 Å². The highest BCUT2D eigenvalue weighted by molar-refractivity contribution is 7.15. The summed E-state index contributed by atoms with van der Waals surface area (Å²) in [4.78, 5) is 20.6. The van der Waals surface area contributed by atoms with Crippen LogP contribution in [0.1, 0.15) is 21.1 Å². The van der Waals surface area contributed by atoms with E-state index in [4.69, 9.17) is 5.11 Å².